The van der Waals surface area contributed by atoms with E-state index >= 15 is 0 Å². The van der Waals surface area contributed by atoms with Crippen LogP contribution in [0.2, 0.25) is 0 Å². The molecule has 110 valence electrons. The second-order valence-corrected chi connectivity index (χ2v) is 5.79. The number of fused-ring (bicyclic) bond motifs is 1. The van der Waals surface area contributed by atoms with Gasteiger partial charge in [-0.05, 0) is 44.2 Å². The topological polar surface area (TPSA) is 77.0 Å². The summed E-state index contributed by atoms with van der Waals surface area (Å²) >= 11 is 5.15. The third-order valence-corrected chi connectivity index (χ3v) is 3.89. The molecule has 21 heavy (non-hydrogen) atoms. The van der Waals surface area contributed by atoms with Crippen molar-refractivity contribution in [3.63, 3.8) is 0 Å². The van der Waals surface area contributed by atoms with Crippen molar-refractivity contribution in [3.05, 3.63) is 40.4 Å². The normalized spacial score (nSPS) is 13.8. The standard InChI is InChI=1S/C15H18N4OS/c1-9-6-11(20-19-9)8-17-15-12(14(16)21)7-10-4-2-3-5-13(10)18-15/h6-7H,2-5,8H2,1H3,(H2,16,21)(H,17,18). The van der Waals surface area contributed by atoms with Gasteiger partial charge in [0.15, 0.2) is 5.76 Å². The first-order valence-electron chi connectivity index (χ1n) is 7.12. The summed E-state index contributed by atoms with van der Waals surface area (Å²) in [7, 11) is 0. The van der Waals surface area contributed by atoms with Gasteiger partial charge in [-0.3, -0.25) is 0 Å². The minimum Gasteiger partial charge on any atom is -0.389 e. The van der Waals surface area contributed by atoms with Crippen LogP contribution in [-0.2, 0) is 19.4 Å². The third kappa shape index (κ3) is 3.05. The lowest BCUT2D eigenvalue weighted by molar-refractivity contribution is 0.384. The Kier molecular flexibility index (Phi) is 3.88. The number of thiocarbonyl (C=S) groups is 1. The Balaban J connectivity index is 1.87. The highest BCUT2D eigenvalue weighted by atomic mass is 32.1. The van der Waals surface area contributed by atoms with Gasteiger partial charge in [-0.25, -0.2) is 4.98 Å². The number of rotatable bonds is 4. The average molecular weight is 302 g/mol. The molecule has 0 radical (unpaired) electrons. The highest BCUT2D eigenvalue weighted by molar-refractivity contribution is 7.80. The lowest BCUT2D eigenvalue weighted by Crippen LogP contribution is -2.18. The first-order chi connectivity index (χ1) is 10.1. The van der Waals surface area contributed by atoms with Crippen molar-refractivity contribution >= 4 is 23.0 Å². The van der Waals surface area contributed by atoms with Gasteiger partial charge in [-0.15, -0.1) is 0 Å². The van der Waals surface area contributed by atoms with Crippen LogP contribution in [0.15, 0.2) is 16.7 Å². The summed E-state index contributed by atoms with van der Waals surface area (Å²) in [6, 6.07) is 3.98. The van der Waals surface area contributed by atoms with Crippen molar-refractivity contribution in [1.29, 1.82) is 0 Å². The van der Waals surface area contributed by atoms with Gasteiger partial charge < -0.3 is 15.6 Å². The summed E-state index contributed by atoms with van der Waals surface area (Å²) in [4.78, 5) is 5.08. The molecule has 2 heterocycles. The summed E-state index contributed by atoms with van der Waals surface area (Å²) in [5.74, 6) is 1.50. The number of pyridine rings is 1. The van der Waals surface area contributed by atoms with E-state index in [2.05, 4.69) is 16.5 Å². The van der Waals surface area contributed by atoms with Gasteiger partial charge in [-0.1, -0.05) is 17.4 Å². The Labute approximate surface area is 128 Å². The van der Waals surface area contributed by atoms with Crippen molar-refractivity contribution in [1.82, 2.24) is 10.1 Å². The van der Waals surface area contributed by atoms with Crippen LogP contribution in [0.1, 0.15) is 41.1 Å². The van der Waals surface area contributed by atoms with Gasteiger partial charge in [0.25, 0.3) is 0 Å². The monoisotopic (exact) mass is 302 g/mol. The molecule has 0 aromatic carbocycles. The molecule has 0 atom stereocenters. The molecule has 0 saturated heterocycles. The van der Waals surface area contributed by atoms with Crippen molar-refractivity contribution in [3.8, 4) is 0 Å². The SMILES string of the molecule is Cc1cc(CNc2nc3c(cc2C(N)=S)CCCC3)on1. The van der Waals surface area contributed by atoms with Gasteiger partial charge in [0.05, 0.1) is 17.8 Å². The zero-order chi connectivity index (χ0) is 14.8. The second-order valence-electron chi connectivity index (χ2n) is 5.35. The van der Waals surface area contributed by atoms with Gasteiger partial charge in [-0.2, -0.15) is 0 Å². The molecule has 0 unspecified atom stereocenters. The van der Waals surface area contributed by atoms with E-state index in [0.717, 1.165) is 41.4 Å². The fourth-order valence-corrected chi connectivity index (χ4v) is 2.78. The van der Waals surface area contributed by atoms with E-state index in [1.54, 1.807) is 0 Å². The lowest BCUT2D eigenvalue weighted by Gasteiger charge is -2.18. The Morgan fingerprint density at radius 2 is 2.19 bits per heavy atom. The number of hydrogen-bond acceptors (Lipinski definition) is 5. The molecule has 2 aromatic rings. The minimum atomic E-state index is 0.368. The van der Waals surface area contributed by atoms with E-state index in [9.17, 15) is 0 Å². The number of nitrogens with zero attached hydrogens (tertiary/aromatic N) is 2. The highest BCUT2D eigenvalue weighted by Crippen LogP contribution is 2.25. The number of nitrogens with one attached hydrogen (secondary N) is 1. The number of aromatic nitrogens is 2. The maximum Gasteiger partial charge on any atom is 0.156 e. The molecule has 0 amide bonds. The fourth-order valence-electron chi connectivity index (χ4n) is 2.63. The van der Waals surface area contributed by atoms with Crippen LogP contribution in [-0.4, -0.2) is 15.1 Å². The van der Waals surface area contributed by atoms with Crippen LogP contribution >= 0.6 is 12.2 Å². The van der Waals surface area contributed by atoms with Crippen molar-refractivity contribution in [2.24, 2.45) is 5.73 Å². The van der Waals surface area contributed by atoms with E-state index in [1.165, 1.54) is 18.4 Å². The molecule has 0 spiro atoms. The van der Waals surface area contributed by atoms with E-state index in [4.69, 9.17) is 27.5 Å². The quantitative estimate of drug-likeness (QED) is 0.845. The second kappa shape index (κ2) is 5.81. The first-order valence-corrected chi connectivity index (χ1v) is 7.53. The van der Waals surface area contributed by atoms with Crippen LogP contribution in [0.25, 0.3) is 0 Å². The molecule has 1 aliphatic rings. The van der Waals surface area contributed by atoms with E-state index in [0.29, 0.717) is 11.5 Å². The maximum absolute atomic E-state index is 5.84. The largest absolute Gasteiger partial charge is 0.389 e. The zero-order valence-electron chi connectivity index (χ0n) is 12.0. The number of nitrogens with two attached hydrogens (primary N) is 1. The molecule has 5 nitrogen and oxygen atoms in total. The van der Waals surface area contributed by atoms with Crippen LogP contribution in [0.3, 0.4) is 0 Å². The van der Waals surface area contributed by atoms with Gasteiger partial charge in [0.1, 0.15) is 10.8 Å². The average Bonchev–Trinajstić information content (AvgIpc) is 2.89. The van der Waals surface area contributed by atoms with E-state index in [1.807, 2.05) is 13.0 Å². The van der Waals surface area contributed by atoms with Crippen LogP contribution in [0.5, 0.6) is 0 Å². The van der Waals surface area contributed by atoms with Crippen LogP contribution in [0.4, 0.5) is 5.82 Å². The Morgan fingerprint density at radius 1 is 1.38 bits per heavy atom. The summed E-state index contributed by atoms with van der Waals surface area (Å²) < 4.78 is 5.19. The molecule has 6 heteroatoms. The summed E-state index contributed by atoms with van der Waals surface area (Å²) in [5.41, 5.74) is 9.92. The molecule has 3 N–H and O–H groups in total. The van der Waals surface area contributed by atoms with Crippen LogP contribution in [0, 0.1) is 6.92 Å². The summed E-state index contributed by atoms with van der Waals surface area (Å²) in [5, 5.41) is 7.13. The fraction of sp³-hybridized carbons (Fsp3) is 0.400. The van der Waals surface area contributed by atoms with Gasteiger partial charge >= 0.3 is 0 Å². The first kappa shape index (κ1) is 14.0. The predicted octanol–water partition coefficient (Wildman–Crippen LogP) is 2.50. The molecule has 3 rings (SSSR count). The lowest BCUT2D eigenvalue weighted by atomic mass is 9.94. The molecule has 0 fully saturated rings. The molecule has 1 aliphatic carbocycles. The van der Waals surface area contributed by atoms with E-state index < -0.39 is 0 Å². The maximum atomic E-state index is 5.84. The van der Waals surface area contributed by atoms with Crippen molar-refractivity contribution in [2.45, 2.75) is 39.2 Å². The van der Waals surface area contributed by atoms with Crippen molar-refractivity contribution in [2.75, 3.05) is 5.32 Å². The molecule has 2 aromatic heterocycles. The third-order valence-electron chi connectivity index (χ3n) is 3.67. The number of aryl methyl sites for hydroxylation is 3. The van der Waals surface area contributed by atoms with E-state index in [-0.39, 0.29) is 0 Å². The Bertz CT molecular complexity index is 680. The minimum absolute atomic E-state index is 0.368. The summed E-state index contributed by atoms with van der Waals surface area (Å²) in [6.07, 6.45) is 4.46. The Morgan fingerprint density at radius 3 is 2.90 bits per heavy atom. The smallest absolute Gasteiger partial charge is 0.156 e. The molecular weight excluding hydrogens is 284 g/mol. The van der Waals surface area contributed by atoms with Gasteiger partial charge in [0.2, 0.25) is 0 Å². The number of hydrogen-bond donors (Lipinski definition) is 2. The summed E-state index contributed by atoms with van der Waals surface area (Å²) in [6.45, 7) is 2.41. The van der Waals surface area contributed by atoms with Gasteiger partial charge in [0, 0.05) is 11.8 Å². The van der Waals surface area contributed by atoms with Crippen molar-refractivity contribution < 1.29 is 4.52 Å². The highest BCUT2D eigenvalue weighted by Gasteiger charge is 2.16. The predicted molar refractivity (Wildman–Crippen MR) is 85.3 cm³/mol. The molecular formula is C15H18N4OS. The van der Waals surface area contributed by atoms with Crippen LogP contribution < -0.4 is 11.1 Å². The number of anilines is 1. The molecule has 0 bridgehead atoms. The molecule has 0 aliphatic heterocycles. The molecule has 0 saturated carbocycles. The Hall–Kier alpha value is -1.95. The zero-order valence-corrected chi connectivity index (χ0v) is 12.8.